The molecule has 0 aromatic carbocycles. The number of aliphatic hydroxyl groups is 5. The molecule has 0 amide bonds. The van der Waals surface area contributed by atoms with Gasteiger partial charge in [0.15, 0.2) is 6.10 Å². The van der Waals surface area contributed by atoms with Crippen molar-refractivity contribution in [2.75, 3.05) is 6.61 Å². The molecule has 0 bridgehead atoms. The van der Waals surface area contributed by atoms with Crippen LogP contribution in [0.1, 0.15) is 0 Å². The highest BCUT2D eigenvalue weighted by atomic mass is 16.6. The summed E-state index contributed by atoms with van der Waals surface area (Å²) in [4.78, 5) is 10.8. The van der Waals surface area contributed by atoms with Gasteiger partial charge in [0.2, 0.25) is 0 Å². The monoisotopic (exact) mass is 208 g/mol. The molecule has 1 fully saturated rings. The molecule has 0 aromatic rings. The van der Waals surface area contributed by atoms with Crippen molar-refractivity contribution >= 4 is 5.97 Å². The summed E-state index contributed by atoms with van der Waals surface area (Å²) in [6, 6.07) is 0. The molecule has 1 saturated heterocycles. The Hall–Kier alpha value is -0.730. The number of esters is 1. The van der Waals surface area contributed by atoms with Crippen molar-refractivity contribution in [1.29, 1.82) is 0 Å². The molecule has 7 nitrogen and oxygen atoms in total. The molecule has 0 saturated carbocycles. The van der Waals surface area contributed by atoms with Gasteiger partial charge in [-0.3, -0.25) is 0 Å². The van der Waals surface area contributed by atoms with Crippen molar-refractivity contribution in [1.82, 2.24) is 0 Å². The first kappa shape index (κ1) is 11.3. The minimum atomic E-state index is -1.92. The molecule has 7 heteroatoms. The van der Waals surface area contributed by atoms with Crippen LogP contribution in [0.3, 0.4) is 0 Å². The SMILES string of the molecule is O=C1OC[C@H](O)[C@@H](O)[C@@H](O)[C@H](O)[C@@H]1O. The topological polar surface area (TPSA) is 127 Å². The van der Waals surface area contributed by atoms with Crippen LogP contribution in [0, 0.1) is 0 Å². The lowest BCUT2D eigenvalue weighted by Gasteiger charge is -2.31. The Balaban J connectivity index is 2.80. The zero-order valence-electron chi connectivity index (χ0n) is 7.15. The van der Waals surface area contributed by atoms with E-state index >= 15 is 0 Å². The fraction of sp³-hybridized carbons (Fsp3) is 0.857. The predicted molar refractivity (Wildman–Crippen MR) is 41.0 cm³/mol. The van der Waals surface area contributed by atoms with Crippen LogP contribution in [0.25, 0.3) is 0 Å². The van der Waals surface area contributed by atoms with Gasteiger partial charge in [0.1, 0.15) is 31.0 Å². The van der Waals surface area contributed by atoms with Crippen LogP contribution in [0.4, 0.5) is 0 Å². The molecule has 14 heavy (non-hydrogen) atoms. The molecule has 5 N–H and O–H groups in total. The number of cyclic esters (lactones) is 1. The molecular formula is C7H12O7. The van der Waals surface area contributed by atoms with Gasteiger partial charge >= 0.3 is 5.97 Å². The van der Waals surface area contributed by atoms with Gasteiger partial charge in [-0.15, -0.1) is 0 Å². The zero-order valence-corrected chi connectivity index (χ0v) is 7.15. The molecular weight excluding hydrogens is 196 g/mol. The number of carbonyl (C=O) groups excluding carboxylic acids is 1. The van der Waals surface area contributed by atoms with Crippen LogP contribution < -0.4 is 0 Å². The second kappa shape index (κ2) is 4.20. The van der Waals surface area contributed by atoms with Gasteiger partial charge in [0, 0.05) is 0 Å². The van der Waals surface area contributed by atoms with E-state index < -0.39 is 43.1 Å². The second-order valence-electron chi connectivity index (χ2n) is 3.11. The smallest absolute Gasteiger partial charge is 0.337 e. The molecule has 82 valence electrons. The molecule has 0 aliphatic carbocycles. The molecule has 1 aliphatic heterocycles. The number of carbonyl (C=O) groups is 1. The zero-order chi connectivity index (χ0) is 10.9. The van der Waals surface area contributed by atoms with Gasteiger partial charge in [0.25, 0.3) is 0 Å². The predicted octanol–water partition coefficient (Wildman–Crippen LogP) is -3.65. The number of rotatable bonds is 0. The number of aliphatic hydroxyl groups excluding tert-OH is 5. The van der Waals surface area contributed by atoms with Gasteiger partial charge in [-0.2, -0.15) is 0 Å². The highest BCUT2D eigenvalue weighted by Gasteiger charge is 2.40. The first-order valence-corrected chi connectivity index (χ1v) is 4.02. The first-order chi connectivity index (χ1) is 6.45. The van der Waals surface area contributed by atoms with E-state index in [1.165, 1.54) is 0 Å². The summed E-state index contributed by atoms with van der Waals surface area (Å²) in [6.45, 7) is -0.541. The molecule has 1 aliphatic rings. The fourth-order valence-electron chi connectivity index (χ4n) is 1.11. The van der Waals surface area contributed by atoms with Gasteiger partial charge < -0.3 is 30.3 Å². The molecule has 0 unspecified atom stereocenters. The van der Waals surface area contributed by atoms with Crippen molar-refractivity contribution in [3.63, 3.8) is 0 Å². The summed E-state index contributed by atoms with van der Waals surface area (Å²) < 4.78 is 4.33. The Morgan fingerprint density at radius 3 is 2.14 bits per heavy atom. The summed E-state index contributed by atoms with van der Waals surface area (Å²) in [6.07, 6.45) is -8.77. The minimum Gasteiger partial charge on any atom is -0.461 e. The maximum atomic E-state index is 10.8. The average Bonchev–Trinajstić information content (AvgIpc) is 2.19. The van der Waals surface area contributed by atoms with E-state index in [1.807, 2.05) is 0 Å². The Morgan fingerprint density at radius 2 is 1.57 bits per heavy atom. The summed E-state index contributed by atoms with van der Waals surface area (Å²) in [5.74, 6) is -1.15. The van der Waals surface area contributed by atoms with Gasteiger partial charge in [-0.25, -0.2) is 4.79 Å². The Kier molecular flexibility index (Phi) is 3.40. The van der Waals surface area contributed by atoms with Crippen molar-refractivity contribution in [3.05, 3.63) is 0 Å². The quantitative estimate of drug-likeness (QED) is 0.260. The van der Waals surface area contributed by atoms with E-state index in [-0.39, 0.29) is 0 Å². The van der Waals surface area contributed by atoms with Crippen molar-refractivity contribution in [2.45, 2.75) is 30.5 Å². The molecule has 1 rings (SSSR count). The fourth-order valence-corrected chi connectivity index (χ4v) is 1.11. The normalized spacial score (nSPS) is 45.2. The Morgan fingerprint density at radius 1 is 1.00 bits per heavy atom. The lowest BCUT2D eigenvalue weighted by molar-refractivity contribution is -0.192. The maximum absolute atomic E-state index is 10.8. The third kappa shape index (κ3) is 2.02. The van der Waals surface area contributed by atoms with Crippen LogP contribution in [-0.2, 0) is 9.53 Å². The number of ether oxygens (including phenoxy) is 1. The standard InChI is InChI=1S/C7H12O7/c8-2-1-14-7(13)6(12)5(11)4(10)3(2)9/h2-6,8-12H,1H2/t2-,3+,4+,5-,6-/m0/s1. The lowest BCUT2D eigenvalue weighted by atomic mass is 9.98. The number of hydrogen-bond donors (Lipinski definition) is 5. The van der Waals surface area contributed by atoms with Gasteiger partial charge in [0.05, 0.1) is 0 Å². The Bertz CT molecular complexity index is 218. The average molecular weight is 208 g/mol. The molecule has 5 atom stereocenters. The number of hydrogen-bond acceptors (Lipinski definition) is 7. The highest BCUT2D eigenvalue weighted by Crippen LogP contribution is 2.13. The summed E-state index contributed by atoms with van der Waals surface area (Å²) >= 11 is 0. The first-order valence-electron chi connectivity index (χ1n) is 4.02. The van der Waals surface area contributed by atoms with E-state index in [0.717, 1.165) is 0 Å². The molecule has 0 aromatic heterocycles. The summed E-state index contributed by atoms with van der Waals surface area (Å²) in [5.41, 5.74) is 0. The van der Waals surface area contributed by atoms with Crippen LogP contribution in [0.5, 0.6) is 0 Å². The van der Waals surface area contributed by atoms with E-state index in [9.17, 15) is 9.90 Å². The van der Waals surface area contributed by atoms with Crippen LogP contribution in [0.2, 0.25) is 0 Å². The summed E-state index contributed by atoms with van der Waals surface area (Å²) in [5, 5.41) is 45.6. The minimum absolute atomic E-state index is 0.541. The van der Waals surface area contributed by atoms with Crippen LogP contribution in [-0.4, -0.2) is 68.6 Å². The van der Waals surface area contributed by atoms with Crippen molar-refractivity contribution in [2.24, 2.45) is 0 Å². The van der Waals surface area contributed by atoms with Crippen LogP contribution in [0.15, 0.2) is 0 Å². The third-order valence-electron chi connectivity index (χ3n) is 2.06. The maximum Gasteiger partial charge on any atom is 0.337 e. The summed E-state index contributed by atoms with van der Waals surface area (Å²) in [7, 11) is 0. The van der Waals surface area contributed by atoms with E-state index in [4.69, 9.17) is 20.4 Å². The van der Waals surface area contributed by atoms with Gasteiger partial charge in [-0.05, 0) is 0 Å². The molecule has 0 spiro atoms. The molecule has 1 heterocycles. The van der Waals surface area contributed by atoms with E-state index in [2.05, 4.69) is 4.74 Å². The lowest BCUT2D eigenvalue weighted by Crippen LogP contribution is -2.55. The highest BCUT2D eigenvalue weighted by molar-refractivity contribution is 5.75. The van der Waals surface area contributed by atoms with Gasteiger partial charge in [-0.1, -0.05) is 0 Å². The van der Waals surface area contributed by atoms with Crippen molar-refractivity contribution in [3.8, 4) is 0 Å². The van der Waals surface area contributed by atoms with Crippen molar-refractivity contribution < 1.29 is 35.1 Å². The van der Waals surface area contributed by atoms with E-state index in [0.29, 0.717) is 0 Å². The largest absolute Gasteiger partial charge is 0.461 e. The van der Waals surface area contributed by atoms with Crippen LogP contribution >= 0.6 is 0 Å². The Labute approximate surface area is 79.2 Å². The third-order valence-corrected chi connectivity index (χ3v) is 2.06. The van der Waals surface area contributed by atoms with E-state index in [1.54, 1.807) is 0 Å². The molecule has 0 radical (unpaired) electrons. The second-order valence-corrected chi connectivity index (χ2v) is 3.11.